The summed E-state index contributed by atoms with van der Waals surface area (Å²) in [4.78, 5) is 13.4. The number of likely N-dealkylation sites (N-methyl/N-ethyl adjacent to an activating group) is 1. The van der Waals surface area contributed by atoms with Crippen molar-refractivity contribution in [2.45, 2.75) is 20.0 Å². The van der Waals surface area contributed by atoms with Gasteiger partial charge in [-0.25, -0.2) is 4.79 Å². The van der Waals surface area contributed by atoms with Crippen LogP contribution in [0, 0.1) is 0 Å². The standard InChI is InChI=1S/C13H20N2O3/c1-4-18-13(17)10-5-6-11(14)12(7-10)15(3)8-9(2)16/h5-7,9,16H,4,8,14H2,1-3H3. The Hall–Kier alpha value is -1.75. The molecular weight excluding hydrogens is 232 g/mol. The van der Waals surface area contributed by atoms with E-state index in [9.17, 15) is 9.90 Å². The summed E-state index contributed by atoms with van der Waals surface area (Å²) in [5.41, 5.74) is 7.59. The zero-order valence-electron chi connectivity index (χ0n) is 11.0. The third kappa shape index (κ3) is 3.63. The number of hydrogen-bond donors (Lipinski definition) is 2. The van der Waals surface area contributed by atoms with Crippen molar-refractivity contribution in [1.82, 2.24) is 0 Å². The predicted octanol–water partition coefficient (Wildman–Crippen LogP) is 1.26. The van der Waals surface area contributed by atoms with E-state index in [1.807, 2.05) is 11.9 Å². The lowest BCUT2D eigenvalue weighted by atomic mass is 10.1. The van der Waals surface area contributed by atoms with Crippen LogP contribution >= 0.6 is 0 Å². The van der Waals surface area contributed by atoms with Gasteiger partial charge in [-0.3, -0.25) is 0 Å². The molecule has 0 aliphatic carbocycles. The van der Waals surface area contributed by atoms with Gasteiger partial charge in [-0.05, 0) is 32.0 Å². The normalized spacial score (nSPS) is 12.0. The summed E-state index contributed by atoms with van der Waals surface area (Å²) in [7, 11) is 1.81. The van der Waals surface area contributed by atoms with Gasteiger partial charge < -0.3 is 20.5 Å². The Morgan fingerprint density at radius 2 is 2.22 bits per heavy atom. The third-order valence-corrected chi connectivity index (χ3v) is 2.49. The number of rotatable bonds is 5. The number of hydrogen-bond acceptors (Lipinski definition) is 5. The first-order chi connectivity index (χ1) is 8.45. The number of aliphatic hydroxyl groups is 1. The van der Waals surface area contributed by atoms with E-state index in [1.165, 1.54) is 0 Å². The van der Waals surface area contributed by atoms with Crippen LogP contribution in [0.1, 0.15) is 24.2 Å². The van der Waals surface area contributed by atoms with E-state index in [0.29, 0.717) is 30.1 Å². The Morgan fingerprint density at radius 1 is 1.56 bits per heavy atom. The Morgan fingerprint density at radius 3 is 2.78 bits per heavy atom. The molecule has 0 fully saturated rings. The van der Waals surface area contributed by atoms with Crippen molar-refractivity contribution >= 4 is 17.3 Å². The first kappa shape index (κ1) is 14.3. The molecule has 1 aromatic carbocycles. The molecule has 0 amide bonds. The van der Waals surface area contributed by atoms with Gasteiger partial charge >= 0.3 is 5.97 Å². The highest BCUT2D eigenvalue weighted by molar-refractivity contribution is 5.92. The molecule has 0 bridgehead atoms. The van der Waals surface area contributed by atoms with Crippen molar-refractivity contribution in [3.8, 4) is 0 Å². The fraction of sp³-hybridized carbons (Fsp3) is 0.462. The van der Waals surface area contributed by atoms with E-state index in [1.54, 1.807) is 32.0 Å². The number of nitrogen functional groups attached to an aromatic ring is 1. The zero-order chi connectivity index (χ0) is 13.7. The van der Waals surface area contributed by atoms with Crippen molar-refractivity contribution in [3.63, 3.8) is 0 Å². The SMILES string of the molecule is CCOC(=O)c1ccc(N)c(N(C)CC(C)O)c1. The highest BCUT2D eigenvalue weighted by Gasteiger charge is 2.12. The van der Waals surface area contributed by atoms with Crippen molar-refractivity contribution in [1.29, 1.82) is 0 Å². The monoisotopic (exact) mass is 252 g/mol. The lowest BCUT2D eigenvalue weighted by Crippen LogP contribution is -2.27. The fourth-order valence-corrected chi connectivity index (χ4v) is 1.71. The highest BCUT2D eigenvalue weighted by atomic mass is 16.5. The first-order valence-corrected chi connectivity index (χ1v) is 5.91. The van der Waals surface area contributed by atoms with E-state index in [-0.39, 0.29) is 5.97 Å². The van der Waals surface area contributed by atoms with Crippen molar-refractivity contribution < 1.29 is 14.6 Å². The summed E-state index contributed by atoms with van der Waals surface area (Å²) in [6, 6.07) is 4.98. The first-order valence-electron chi connectivity index (χ1n) is 5.91. The lowest BCUT2D eigenvalue weighted by molar-refractivity contribution is 0.0526. The second-order valence-corrected chi connectivity index (χ2v) is 4.22. The van der Waals surface area contributed by atoms with Gasteiger partial charge in [0.25, 0.3) is 0 Å². The van der Waals surface area contributed by atoms with Gasteiger partial charge in [0.1, 0.15) is 0 Å². The maximum absolute atomic E-state index is 11.6. The minimum absolute atomic E-state index is 0.335. The average molecular weight is 252 g/mol. The topological polar surface area (TPSA) is 75.8 Å². The molecule has 0 saturated heterocycles. The molecule has 0 radical (unpaired) electrons. The van der Waals surface area contributed by atoms with Crippen LogP contribution < -0.4 is 10.6 Å². The fourth-order valence-electron chi connectivity index (χ4n) is 1.71. The Labute approximate surface area is 107 Å². The molecule has 100 valence electrons. The Bertz CT molecular complexity index is 419. The van der Waals surface area contributed by atoms with Crippen LogP contribution in [0.2, 0.25) is 0 Å². The number of nitrogens with two attached hydrogens (primary N) is 1. The zero-order valence-corrected chi connectivity index (χ0v) is 11.0. The molecular formula is C13H20N2O3. The largest absolute Gasteiger partial charge is 0.462 e. The number of ether oxygens (including phenoxy) is 1. The van der Waals surface area contributed by atoms with Crippen molar-refractivity contribution in [2.75, 3.05) is 30.8 Å². The number of carbonyl (C=O) groups excluding carboxylic acids is 1. The summed E-state index contributed by atoms with van der Waals surface area (Å²) < 4.78 is 4.94. The predicted molar refractivity (Wildman–Crippen MR) is 71.8 cm³/mol. The lowest BCUT2D eigenvalue weighted by Gasteiger charge is -2.23. The van der Waals surface area contributed by atoms with E-state index >= 15 is 0 Å². The Balaban J connectivity index is 2.97. The maximum atomic E-state index is 11.6. The minimum atomic E-state index is -0.472. The smallest absolute Gasteiger partial charge is 0.338 e. The van der Waals surface area contributed by atoms with Gasteiger partial charge in [0.15, 0.2) is 0 Å². The van der Waals surface area contributed by atoms with Gasteiger partial charge in [0.2, 0.25) is 0 Å². The van der Waals surface area contributed by atoms with E-state index < -0.39 is 6.10 Å². The molecule has 0 aromatic heterocycles. The molecule has 1 aromatic rings. The minimum Gasteiger partial charge on any atom is -0.462 e. The summed E-state index contributed by atoms with van der Waals surface area (Å²) >= 11 is 0. The van der Waals surface area contributed by atoms with Gasteiger partial charge in [-0.1, -0.05) is 0 Å². The summed E-state index contributed by atoms with van der Waals surface area (Å²) in [6.07, 6.45) is -0.472. The van der Waals surface area contributed by atoms with Crippen LogP contribution in [0.25, 0.3) is 0 Å². The second kappa shape index (κ2) is 6.26. The van der Waals surface area contributed by atoms with Crippen LogP contribution in [-0.2, 0) is 4.74 Å². The number of anilines is 2. The van der Waals surface area contributed by atoms with E-state index in [4.69, 9.17) is 10.5 Å². The molecule has 1 rings (SSSR count). The number of esters is 1. The number of aliphatic hydroxyl groups excluding tert-OH is 1. The maximum Gasteiger partial charge on any atom is 0.338 e. The quantitative estimate of drug-likeness (QED) is 0.609. The second-order valence-electron chi connectivity index (χ2n) is 4.22. The summed E-state index contributed by atoms with van der Waals surface area (Å²) in [5.74, 6) is -0.371. The van der Waals surface area contributed by atoms with Gasteiger partial charge in [-0.2, -0.15) is 0 Å². The number of nitrogens with zero attached hydrogens (tertiary/aromatic N) is 1. The van der Waals surface area contributed by atoms with Crippen LogP contribution in [0.5, 0.6) is 0 Å². The van der Waals surface area contributed by atoms with Gasteiger partial charge in [0.05, 0.1) is 29.6 Å². The molecule has 5 nitrogen and oxygen atoms in total. The van der Waals surface area contributed by atoms with Crippen molar-refractivity contribution in [2.24, 2.45) is 0 Å². The molecule has 18 heavy (non-hydrogen) atoms. The molecule has 5 heteroatoms. The summed E-state index contributed by atoms with van der Waals surface area (Å²) in [5, 5.41) is 9.36. The highest BCUT2D eigenvalue weighted by Crippen LogP contribution is 2.24. The molecule has 1 unspecified atom stereocenters. The van der Waals surface area contributed by atoms with Crippen LogP contribution in [-0.4, -0.2) is 37.4 Å². The molecule has 0 heterocycles. The third-order valence-electron chi connectivity index (χ3n) is 2.49. The molecule has 3 N–H and O–H groups in total. The molecule has 1 atom stereocenters. The Kier molecular flexibility index (Phi) is 4.97. The molecule has 0 aliphatic heterocycles. The summed E-state index contributed by atoms with van der Waals surface area (Å²) in [6.45, 7) is 4.23. The van der Waals surface area contributed by atoms with Crippen LogP contribution in [0.4, 0.5) is 11.4 Å². The van der Waals surface area contributed by atoms with Gasteiger partial charge in [0, 0.05) is 13.6 Å². The van der Waals surface area contributed by atoms with Crippen LogP contribution in [0.3, 0.4) is 0 Å². The van der Waals surface area contributed by atoms with E-state index in [0.717, 1.165) is 0 Å². The van der Waals surface area contributed by atoms with Crippen LogP contribution in [0.15, 0.2) is 18.2 Å². The molecule has 0 spiro atoms. The van der Waals surface area contributed by atoms with E-state index in [2.05, 4.69) is 0 Å². The van der Waals surface area contributed by atoms with Crippen molar-refractivity contribution in [3.05, 3.63) is 23.8 Å². The molecule has 0 saturated carbocycles. The number of benzene rings is 1. The average Bonchev–Trinajstić information content (AvgIpc) is 2.28. The van der Waals surface area contributed by atoms with Gasteiger partial charge in [-0.15, -0.1) is 0 Å². The number of carbonyl (C=O) groups is 1. The molecule has 0 aliphatic rings.